The summed E-state index contributed by atoms with van der Waals surface area (Å²) in [5.74, 6) is 0. The molecule has 0 bridgehead atoms. The van der Waals surface area contributed by atoms with Crippen molar-refractivity contribution < 1.29 is 26.0 Å². The summed E-state index contributed by atoms with van der Waals surface area (Å²) < 4.78 is 70.3. The number of sulfonamides is 1. The Morgan fingerprint density at radius 2 is 1.77 bits per heavy atom. The van der Waals surface area contributed by atoms with Crippen molar-refractivity contribution in [3.8, 4) is 0 Å². The van der Waals surface area contributed by atoms with Crippen molar-refractivity contribution in [1.29, 1.82) is 0 Å². The number of benzene rings is 1. The van der Waals surface area contributed by atoms with Crippen LogP contribution in [-0.2, 0) is 29.3 Å². The number of hydrogen-bond acceptors (Lipinski definition) is 4. The summed E-state index contributed by atoms with van der Waals surface area (Å²) in [4.78, 5) is 0.634. The van der Waals surface area contributed by atoms with E-state index in [-0.39, 0.29) is 18.0 Å². The summed E-state index contributed by atoms with van der Waals surface area (Å²) in [5.41, 5.74) is -0.242. The average molecular weight is 401 g/mol. The minimum atomic E-state index is -4.52. The maximum absolute atomic E-state index is 13.0. The molecule has 0 radical (unpaired) electrons. The molecule has 0 aliphatic heterocycles. The van der Waals surface area contributed by atoms with Crippen LogP contribution in [0.25, 0.3) is 0 Å². The molecular weight excluding hydrogens is 387 g/mol. The molecule has 0 amide bonds. The van der Waals surface area contributed by atoms with Gasteiger partial charge in [0.25, 0.3) is 0 Å². The van der Waals surface area contributed by atoms with Gasteiger partial charge >= 0.3 is 6.18 Å². The van der Waals surface area contributed by atoms with E-state index >= 15 is 0 Å². The molecule has 3 rings (SSSR count). The molecule has 2 aromatic heterocycles. The van der Waals surface area contributed by atoms with Crippen molar-refractivity contribution in [1.82, 2.24) is 4.31 Å². The van der Waals surface area contributed by atoms with E-state index in [9.17, 15) is 21.6 Å². The summed E-state index contributed by atoms with van der Waals surface area (Å²) in [6.45, 7) is 0.171. The zero-order valence-electron chi connectivity index (χ0n) is 13.3. The fourth-order valence-corrected chi connectivity index (χ4v) is 4.56. The monoisotopic (exact) mass is 401 g/mol. The molecule has 0 aliphatic carbocycles. The summed E-state index contributed by atoms with van der Waals surface area (Å²) in [7, 11) is -3.98. The van der Waals surface area contributed by atoms with Gasteiger partial charge in [0.1, 0.15) is 0 Å². The molecule has 4 nitrogen and oxygen atoms in total. The van der Waals surface area contributed by atoms with Gasteiger partial charge in [-0.2, -0.15) is 17.5 Å². The molecule has 0 unspecified atom stereocenters. The zero-order chi connectivity index (χ0) is 18.8. The molecule has 0 atom stereocenters. The van der Waals surface area contributed by atoms with Crippen molar-refractivity contribution >= 4 is 21.4 Å². The predicted molar refractivity (Wildman–Crippen MR) is 90.9 cm³/mol. The lowest BCUT2D eigenvalue weighted by Crippen LogP contribution is -2.30. The highest BCUT2D eigenvalue weighted by Gasteiger charge is 2.32. The summed E-state index contributed by atoms with van der Waals surface area (Å²) in [5, 5.41) is 1.83. The quantitative estimate of drug-likeness (QED) is 0.599. The highest BCUT2D eigenvalue weighted by Crippen LogP contribution is 2.31. The summed E-state index contributed by atoms with van der Waals surface area (Å²) >= 11 is 1.40. The topological polar surface area (TPSA) is 50.5 Å². The number of furan rings is 1. The van der Waals surface area contributed by atoms with Gasteiger partial charge in [-0.1, -0.05) is 6.07 Å². The van der Waals surface area contributed by atoms with E-state index in [1.54, 1.807) is 18.2 Å². The third-order valence-corrected chi connectivity index (χ3v) is 6.34. The Morgan fingerprint density at radius 3 is 2.31 bits per heavy atom. The largest absolute Gasteiger partial charge is 0.472 e. The maximum Gasteiger partial charge on any atom is 0.416 e. The van der Waals surface area contributed by atoms with Gasteiger partial charge in [-0.3, -0.25) is 0 Å². The van der Waals surface area contributed by atoms with Crippen molar-refractivity contribution in [2.75, 3.05) is 0 Å². The number of thiophene rings is 1. The minimum Gasteiger partial charge on any atom is -0.472 e. The van der Waals surface area contributed by atoms with Crippen LogP contribution in [0.4, 0.5) is 13.2 Å². The Kier molecular flexibility index (Phi) is 5.22. The second kappa shape index (κ2) is 7.26. The molecule has 1 aromatic carbocycles. The fourth-order valence-electron chi connectivity index (χ4n) is 2.35. The van der Waals surface area contributed by atoms with Crippen LogP contribution >= 0.6 is 11.3 Å². The lowest BCUT2D eigenvalue weighted by atomic mass is 10.2. The molecule has 0 fully saturated rings. The third-order valence-electron chi connectivity index (χ3n) is 3.67. The van der Waals surface area contributed by atoms with Gasteiger partial charge in [0.15, 0.2) is 0 Å². The van der Waals surface area contributed by atoms with Gasteiger partial charge < -0.3 is 4.42 Å². The summed E-state index contributed by atoms with van der Waals surface area (Å²) in [6.07, 6.45) is -1.65. The number of nitrogens with zero attached hydrogens (tertiary/aromatic N) is 1. The smallest absolute Gasteiger partial charge is 0.416 e. The van der Waals surface area contributed by atoms with E-state index in [4.69, 9.17) is 4.42 Å². The van der Waals surface area contributed by atoms with E-state index in [0.717, 1.165) is 29.1 Å². The second-order valence-corrected chi connectivity index (χ2v) is 8.48. The van der Waals surface area contributed by atoms with Gasteiger partial charge in [0, 0.05) is 23.5 Å². The normalized spacial score (nSPS) is 12.6. The van der Waals surface area contributed by atoms with Gasteiger partial charge in [-0.15, -0.1) is 11.3 Å². The van der Waals surface area contributed by atoms with Crippen molar-refractivity contribution in [2.24, 2.45) is 0 Å². The van der Waals surface area contributed by atoms with E-state index in [1.165, 1.54) is 28.2 Å². The maximum atomic E-state index is 13.0. The molecule has 138 valence electrons. The molecule has 0 aliphatic rings. The van der Waals surface area contributed by atoms with Gasteiger partial charge in [0.2, 0.25) is 10.0 Å². The Bertz CT molecular complexity index is 896. The molecule has 0 N–H and O–H groups in total. The van der Waals surface area contributed by atoms with Crippen molar-refractivity contribution in [3.05, 3.63) is 76.4 Å². The second-order valence-electron chi connectivity index (χ2n) is 5.51. The Balaban J connectivity index is 1.92. The first-order chi connectivity index (χ1) is 12.3. The number of halogens is 3. The zero-order valence-corrected chi connectivity index (χ0v) is 14.9. The number of alkyl halides is 3. The molecule has 0 saturated heterocycles. The third kappa shape index (κ3) is 4.17. The Labute approximate surface area is 152 Å². The molecule has 2 heterocycles. The standard InChI is InChI=1S/C17H14F3NO3S2/c18-17(19,20)14-3-5-16(6-4-14)26(22,23)21(10-13-7-8-24-12-13)11-15-2-1-9-25-15/h1-9,12H,10-11H2. The molecular formula is C17H14F3NO3S2. The summed E-state index contributed by atoms with van der Waals surface area (Å²) in [6, 6.07) is 8.76. The van der Waals surface area contributed by atoms with E-state index in [1.807, 2.05) is 5.38 Å². The van der Waals surface area contributed by atoms with Crippen LogP contribution in [0.15, 0.2) is 69.7 Å². The van der Waals surface area contributed by atoms with Crippen LogP contribution in [0.3, 0.4) is 0 Å². The van der Waals surface area contributed by atoms with Crippen LogP contribution in [0.2, 0.25) is 0 Å². The number of hydrogen-bond donors (Lipinski definition) is 0. The highest BCUT2D eigenvalue weighted by molar-refractivity contribution is 7.89. The van der Waals surface area contributed by atoms with Crippen LogP contribution in [0.1, 0.15) is 16.0 Å². The first-order valence-corrected chi connectivity index (χ1v) is 9.79. The lowest BCUT2D eigenvalue weighted by Gasteiger charge is -2.21. The highest BCUT2D eigenvalue weighted by atomic mass is 32.2. The Morgan fingerprint density at radius 1 is 1.04 bits per heavy atom. The lowest BCUT2D eigenvalue weighted by molar-refractivity contribution is -0.137. The molecule has 0 spiro atoms. The van der Waals surface area contributed by atoms with Gasteiger partial charge in [0.05, 0.1) is 23.0 Å². The van der Waals surface area contributed by atoms with Crippen LogP contribution < -0.4 is 0 Å². The van der Waals surface area contributed by atoms with E-state index in [2.05, 4.69) is 0 Å². The molecule has 0 saturated carbocycles. The minimum absolute atomic E-state index is 0.0533. The van der Waals surface area contributed by atoms with Crippen molar-refractivity contribution in [3.63, 3.8) is 0 Å². The SMILES string of the molecule is O=S(=O)(c1ccc(C(F)(F)F)cc1)N(Cc1ccoc1)Cc1cccs1. The van der Waals surface area contributed by atoms with Crippen molar-refractivity contribution in [2.45, 2.75) is 24.2 Å². The molecule has 26 heavy (non-hydrogen) atoms. The van der Waals surface area contributed by atoms with Crippen LogP contribution in [0, 0.1) is 0 Å². The average Bonchev–Trinajstić information content (AvgIpc) is 3.27. The first-order valence-electron chi connectivity index (χ1n) is 7.48. The van der Waals surface area contributed by atoms with Crippen LogP contribution in [-0.4, -0.2) is 12.7 Å². The fraction of sp³-hybridized carbons (Fsp3) is 0.176. The number of rotatable bonds is 6. The van der Waals surface area contributed by atoms with Gasteiger partial charge in [-0.05, 0) is 41.8 Å². The molecule has 9 heteroatoms. The Hall–Kier alpha value is -2.10. The van der Waals surface area contributed by atoms with E-state index < -0.39 is 21.8 Å². The predicted octanol–water partition coefficient (Wildman–Crippen LogP) is 4.75. The van der Waals surface area contributed by atoms with Gasteiger partial charge in [-0.25, -0.2) is 8.42 Å². The van der Waals surface area contributed by atoms with Crippen LogP contribution in [0.5, 0.6) is 0 Å². The first kappa shape index (κ1) is 18.7. The molecule has 3 aromatic rings. The van der Waals surface area contributed by atoms with E-state index in [0.29, 0.717) is 5.56 Å².